The van der Waals surface area contributed by atoms with Crippen molar-refractivity contribution in [2.24, 2.45) is 5.73 Å². The van der Waals surface area contributed by atoms with E-state index in [9.17, 15) is 4.79 Å². The lowest BCUT2D eigenvalue weighted by Gasteiger charge is -2.04. The van der Waals surface area contributed by atoms with Crippen LogP contribution < -0.4 is 11.1 Å². The number of carbonyl (C=O) groups is 1. The minimum absolute atomic E-state index is 0.123. The number of hydrogen-bond donors (Lipinski definition) is 2. The van der Waals surface area contributed by atoms with Gasteiger partial charge in [-0.15, -0.1) is 0 Å². The van der Waals surface area contributed by atoms with Crippen molar-refractivity contribution in [1.82, 2.24) is 5.32 Å². The van der Waals surface area contributed by atoms with Gasteiger partial charge in [-0.2, -0.15) is 0 Å². The van der Waals surface area contributed by atoms with Gasteiger partial charge in [0.15, 0.2) is 0 Å². The fraction of sp³-hybridized carbons (Fsp3) is 0.900. The zero-order valence-corrected chi connectivity index (χ0v) is 11.5. The Morgan fingerprint density at radius 2 is 2.12 bits per heavy atom. The molecule has 6 heteroatoms. The van der Waals surface area contributed by atoms with E-state index in [4.69, 9.17) is 10.5 Å². The van der Waals surface area contributed by atoms with Crippen LogP contribution in [0.2, 0.25) is 0 Å². The predicted octanol–water partition coefficient (Wildman–Crippen LogP) is 1.26. The first kappa shape index (κ1) is 16.1. The van der Waals surface area contributed by atoms with Crippen molar-refractivity contribution in [1.29, 1.82) is 0 Å². The highest BCUT2D eigenvalue weighted by Gasteiger charge is 2.00. The third-order valence-corrected chi connectivity index (χ3v) is 4.13. The maximum atomic E-state index is 11.3. The van der Waals surface area contributed by atoms with Crippen LogP contribution in [0.4, 0.5) is 0 Å². The molecule has 0 atom stereocenters. The Morgan fingerprint density at radius 3 is 2.81 bits per heavy atom. The average Bonchev–Trinajstić information content (AvgIpc) is 2.28. The van der Waals surface area contributed by atoms with Crippen molar-refractivity contribution in [2.75, 3.05) is 37.8 Å². The molecule has 0 bridgehead atoms. The van der Waals surface area contributed by atoms with E-state index in [2.05, 4.69) is 5.32 Å². The normalized spacial score (nSPS) is 10.4. The van der Waals surface area contributed by atoms with Crippen LogP contribution in [0.5, 0.6) is 0 Å². The number of nitrogens with one attached hydrogen (secondary N) is 1. The summed E-state index contributed by atoms with van der Waals surface area (Å²) in [5, 5.41) is 2.87. The van der Waals surface area contributed by atoms with Crippen molar-refractivity contribution < 1.29 is 9.53 Å². The van der Waals surface area contributed by atoms with Crippen LogP contribution in [0.15, 0.2) is 0 Å². The zero-order chi connectivity index (χ0) is 12.1. The van der Waals surface area contributed by atoms with Gasteiger partial charge in [-0.3, -0.25) is 4.79 Å². The molecule has 16 heavy (non-hydrogen) atoms. The van der Waals surface area contributed by atoms with Gasteiger partial charge in [0, 0.05) is 44.2 Å². The molecular formula is C10H22N2O2S2. The molecule has 0 aliphatic carbocycles. The molecule has 0 aromatic rings. The fourth-order valence-corrected chi connectivity index (χ4v) is 2.78. The summed E-state index contributed by atoms with van der Waals surface area (Å²) in [6.07, 6.45) is 1.46. The summed E-state index contributed by atoms with van der Waals surface area (Å²) >= 11 is 0. The number of amides is 1. The Hall–Kier alpha value is 0.0900. The van der Waals surface area contributed by atoms with E-state index < -0.39 is 0 Å². The molecule has 0 radical (unpaired) electrons. The SMILES string of the molecule is CCOCCCNC(=O)CCSSCCN. The number of carbonyl (C=O) groups excluding carboxylic acids is 1. The van der Waals surface area contributed by atoms with Crippen molar-refractivity contribution in [3.05, 3.63) is 0 Å². The van der Waals surface area contributed by atoms with Gasteiger partial charge in [0.2, 0.25) is 5.91 Å². The molecule has 1 amide bonds. The van der Waals surface area contributed by atoms with E-state index in [-0.39, 0.29) is 5.91 Å². The lowest BCUT2D eigenvalue weighted by atomic mass is 10.4. The quantitative estimate of drug-likeness (QED) is 0.435. The first-order valence-corrected chi connectivity index (χ1v) is 8.09. The summed E-state index contributed by atoms with van der Waals surface area (Å²) < 4.78 is 5.17. The number of ether oxygens (including phenoxy) is 1. The summed E-state index contributed by atoms with van der Waals surface area (Å²) in [6.45, 7) is 4.83. The van der Waals surface area contributed by atoms with E-state index in [0.717, 1.165) is 31.1 Å². The molecule has 0 saturated carbocycles. The highest BCUT2D eigenvalue weighted by Crippen LogP contribution is 2.20. The summed E-state index contributed by atoms with van der Waals surface area (Å²) in [4.78, 5) is 11.3. The molecule has 0 aromatic heterocycles. The van der Waals surface area contributed by atoms with Crippen LogP contribution in [-0.4, -0.2) is 43.7 Å². The molecule has 0 aliphatic rings. The molecule has 0 saturated heterocycles. The maximum absolute atomic E-state index is 11.3. The standard InChI is InChI=1S/C10H22N2O2S2/c1-2-14-7-3-6-12-10(13)4-8-15-16-9-5-11/h2-9,11H2,1H3,(H,12,13). The van der Waals surface area contributed by atoms with Crippen molar-refractivity contribution in [3.8, 4) is 0 Å². The molecule has 3 N–H and O–H groups in total. The van der Waals surface area contributed by atoms with Gasteiger partial charge in [-0.05, 0) is 13.3 Å². The molecule has 0 fully saturated rings. The fourth-order valence-electron chi connectivity index (χ4n) is 0.935. The maximum Gasteiger partial charge on any atom is 0.220 e. The Balaban J connectivity index is 3.12. The Kier molecular flexibility index (Phi) is 13.2. The minimum Gasteiger partial charge on any atom is -0.382 e. The number of rotatable bonds is 11. The van der Waals surface area contributed by atoms with Gasteiger partial charge in [0.1, 0.15) is 0 Å². The van der Waals surface area contributed by atoms with Crippen LogP contribution in [0.25, 0.3) is 0 Å². The average molecular weight is 266 g/mol. The van der Waals surface area contributed by atoms with Crippen LogP contribution >= 0.6 is 21.6 Å². The topological polar surface area (TPSA) is 64.3 Å². The largest absolute Gasteiger partial charge is 0.382 e. The first-order chi connectivity index (χ1) is 7.81. The summed E-state index contributed by atoms with van der Waals surface area (Å²) in [6, 6.07) is 0. The molecule has 0 spiro atoms. The smallest absolute Gasteiger partial charge is 0.220 e. The van der Waals surface area contributed by atoms with Crippen molar-refractivity contribution >= 4 is 27.5 Å². The van der Waals surface area contributed by atoms with E-state index in [1.54, 1.807) is 21.6 Å². The highest BCUT2D eigenvalue weighted by molar-refractivity contribution is 8.76. The highest BCUT2D eigenvalue weighted by atomic mass is 33.1. The first-order valence-electron chi connectivity index (χ1n) is 5.60. The van der Waals surface area contributed by atoms with Crippen LogP contribution in [-0.2, 0) is 9.53 Å². The summed E-state index contributed by atoms with van der Waals surface area (Å²) in [5.41, 5.74) is 5.35. The van der Waals surface area contributed by atoms with Gasteiger partial charge in [-0.1, -0.05) is 21.6 Å². The lowest BCUT2D eigenvalue weighted by Crippen LogP contribution is -2.25. The Bertz CT molecular complexity index is 155. The molecule has 96 valence electrons. The van der Waals surface area contributed by atoms with E-state index in [0.29, 0.717) is 19.5 Å². The molecular weight excluding hydrogens is 244 g/mol. The predicted molar refractivity (Wildman–Crippen MR) is 72.7 cm³/mol. The van der Waals surface area contributed by atoms with Gasteiger partial charge in [0.25, 0.3) is 0 Å². The second-order valence-corrected chi connectivity index (χ2v) is 5.79. The zero-order valence-electron chi connectivity index (χ0n) is 9.87. The van der Waals surface area contributed by atoms with Crippen LogP contribution in [0.1, 0.15) is 19.8 Å². The van der Waals surface area contributed by atoms with Crippen LogP contribution in [0, 0.1) is 0 Å². The lowest BCUT2D eigenvalue weighted by molar-refractivity contribution is -0.120. The Morgan fingerprint density at radius 1 is 1.38 bits per heavy atom. The van der Waals surface area contributed by atoms with Gasteiger partial charge >= 0.3 is 0 Å². The van der Waals surface area contributed by atoms with Crippen molar-refractivity contribution in [3.63, 3.8) is 0 Å². The Labute approximate surface area is 106 Å². The van der Waals surface area contributed by atoms with Crippen molar-refractivity contribution in [2.45, 2.75) is 19.8 Å². The van der Waals surface area contributed by atoms with E-state index in [1.807, 2.05) is 6.92 Å². The van der Waals surface area contributed by atoms with E-state index in [1.165, 1.54) is 0 Å². The van der Waals surface area contributed by atoms with Gasteiger partial charge in [-0.25, -0.2) is 0 Å². The van der Waals surface area contributed by atoms with Crippen LogP contribution in [0.3, 0.4) is 0 Å². The molecule has 0 rings (SSSR count). The second-order valence-electron chi connectivity index (χ2n) is 3.08. The molecule has 0 heterocycles. The summed E-state index contributed by atoms with van der Waals surface area (Å²) in [5.74, 6) is 1.92. The molecule has 0 aromatic carbocycles. The third-order valence-electron chi connectivity index (χ3n) is 1.69. The number of hydrogen-bond acceptors (Lipinski definition) is 5. The second kappa shape index (κ2) is 13.2. The summed E-state index contributed by atoms with van der Waals surface area (Å²) in [7, 11) is 3.43. The van der Waals surface area contributed by atoms with E-state index >= 15 is 0 Å². The third kappa shape index (κ3) is 12.2. The molecule has 0 unspecified atom stereocenters. The van der Waals surface area contributed by atoms with Gasteiger partial charge < -0.3 is 15.8 Å². The molecule has 0 aliphatic heterocycles. The van der Waals surface area contributed by atoms with Gasteiger partial charge in [0.05, 0.1) is 0 Å². The molecule has 4 nitrogen and oxygen atoms in total. The monoisotopic (exact) mass is 266 g/mol. The minimum atomic E-state index is 0.123. The number of nitrogens with two attached hydrogens (primary N) is 1.